The molecular weight excluding hydrogens is 378 g/mol. The van der Waals surface area contributed by atoms with E-state index in [1.54, 1.807) is 48.5 Å². The molecule has 0 bridgehead atoms. The lowest BCUT2D eigenvalue weighted by Crippen LogP contribution is -2.16. The van der Waals surface area contributed by atoms with Crippen LogP contribution in [0.2, 0.25) is 0 Å². The Hall–Kier alpha value is -4.25. The summed E-state index contributed by atoms with van der Waals surface area (Å²) < 4.78 is 0. The summed E-state index contributed by atoms with van der Waals surface area (Å²) in [7, 11) is 0. The van der Waals surface area contributed by atoms with Crippen LogP contribution < -0.4 is 5.32 Å². The molecule has 0 unspecified atom stereocenters. The van der Waals surface area contributed by atoms with Crippen LogP contribution in [0.4, 0.5) is 5.69 Å². The summed E-state index contributed by atoms with van der Waals surface area (Å²) in [4.78, 5) is 37.4. The highest BCUT2D eigenvalue weighted by atomic mass is 16.4. The van der Waals surface area contributed by atoms with Gasteiger partial charge in [-0.15, -0.1) is 0 Å². The zero-order valence-corrected chi connectivity index (χ0v) is 15.8. The van der Waals surface area contributed by atoms with Gasteiger partial charge in [-0.05, 0) is 41.1 Å². The Kier molecular flexibility index (Phi) is 5.09. The van der Waals surface area contributed by atoms with Crippen molar-refractivity contribution >= 4 is 34.1 Å². The molecule has 0 saturated carbocycles. The van der Waals surface area contributed by atoms with Crippen molar-refractivity contribution in [1.29, 1.82) is 0 Å². The monoisotopic (exact) mass is 395 g/mol. The van der Waals surface area contributed by atoms with E-state index in [9.17, 15) is 19.5 Å². The molecule has 0 saturated heterocycles. The normalized spacial score (nSPS) is 10.5. The smallest absolute Gasteiger partial charge is 0.336 e. The number of hydrogen-bond donors (Lipinski definition) is 2. The van der Waals surface area contributed by atoms with Crippen molar-refractivity contribution in [1.82, 2.24) is 0 Å². The van der Waals surface area contributed by atoms with Gasteiger partial charge in [-0.3, -0.25) is 9.59 Å². The van der Waals surface area contributed by atoms with Gasteiger partial charge in [0, 0.05) is 16.7 Å². The first-order valence-corrected chi connectivity index (χ1v) is 9.31. The number of nitrogens with one attached hydrogen (secondary N) is 1. The van der Waals surface area contributed by atoms with Gasteiger partial charge in [-0.2, -0.15) is 0 Å². The SMILES string of the molecule is O=C(Nc1ccccc1C(=O)c1ccccc1C(=O)O)c1ccc2ccccc2c1. The van der Waals surface area contributed by atoms with Gasteiger partial charge in [-0.1, -0.05) is 60.7 Å². The molecule has 0 aliphatic carbocycles. The van der Waals surface area contributed by atoms with Gasteiger partial charge in [0.1, 0.15) is 0 Å². The summed E-state index contributed by atoms with van der Waals surface area (Å²) in [5.74, 6) is -2.01. The molecule has 4 aromatic rings. The number of rotatable bonds is 5. The summed E-state index contributed by atoms with van der Waals surface area (Å²) >= 11 is 0. The summed E-state index contributed by atoms with van der Waals surface area (Å²) in [6, 6.07) is 25.7. The van der Waals surface area contributed by atoms with Crippen LogP contribution in [0, 0.1) is 0 Å². The highest BCUT2D eigenvalue weighted by Crippen LogP contribution is 2.23. The molecule has 30 heavy (non-hydrogen) atoms. The Balaban J connectivity index is 1.67. The van der Waals surface area contributed by atoms with Gasteiger partial charge in [0.15, 0.2) is 5.78 Å². The summed E-state index contributed by atoms with van der Waals surface area (Å²) in [5.41, 5.74) is 0.985. The minimum absolute atomic E-state index is 0.0670. The Labute approximate surface area is 172 Å². The number of para-hydroxylation sites is 1. The summed E-state index contributed by atoms with van der Waals surface area (Å²) in [6.07, 6.45) is 0. The van der Waals surface area contributed by atoms with E-state index in [-0.39, 0.29) is 22.6 Å². The molecule has 4 aromatic carbocycles. The van der Waals surface area contributed by atoms with E-state index >= 15 is 0 Å². The maximum atomic E-state index is 13.1. The first-order chi connectivity index (χ1) is 14.5. The van der Waals surface area contributed by atoms with Gasteiger partial charge in [0.2, 0.25) is 0 Å². The number of carbonyl (C=O) groups excluding carboxylic acids is 2. The fourth-order valence-corrected chi connectivity index (χ4v) is 3.33. The van der Waals surface area contributed by atoms with Gasteiger partial charge in [0.25, 0.3) is 5.91 Å². The van der Waals surface area contributed by atoms with Crippen LogP contribution in [0.15, 0.2) is 91.0 Å². The highest BCUT2D eigenvalue weighted by molar-refractivity contribution is 6.18. The molecule has 0 atom stereocenters. The molecule has 0 fully saturated rings. The van der Waals surface area contributed by atoms with E-state index in [0.29, 0.717) is 11.3 Å². The summed E-state index contributed by atoms with van der Waals surface area (Å²) in [5, 5.41) is 14.1. The molecule has 0 heterocycles. The van der Waals surface area contributed by atoms with Crippen molar-refractivity contribution in [3.8, 4) is 0 Å². The second kappa shape index (κ2) is 8.01. The van der Waals surface area contributed by atoms with Crippen molar-refractivity contribution in [2.75, 3.05) is 5.32 Å². The third kappa shape index (κ3) is 3.69. The summed E-state index contributed by atoms with van der Waals surface area (Å²) in [6.45, 7) is 0. The van der Waals surface area contributed by atoms with Crippen LogP contribution in [0.3, 0.4) is 0 Å². The van der Waals surface area contributed by atoms with E-state index in [4.69, 9.17) is 0 Å². The van der Waals surface area contributed by atoms with Gasteiger partial charge in [0.05, 0.1) is 11.3 Å². The van der Waals surface area contributed by atoms with Crippen molar-refractivity contribution in [3.05, 3.63) is 113 Å². The van der Waals surface area contributed by atoms with Crippen LogP contribution in [-0.4, -0.2) is 22.8 Å². The largest absolute Gasteiger partial charge is 0.478 e. The van der Waals surface area contributed by atoms with Crippen LogP contribution in [0.25, 0.3) is 10.8 Å². The van der Waals surface area contributed by atoms with Crippen LogP contribution in [-0.2, 0) is 0 Å². The molecule has 0 aromatic heterocycles. The molecule has 5 heteroatoms. The number of carboxylic acids is 1. The number of aromatic carboxylic acids is 1. The fraction of sp³-hybridized carbons (Fsp3) is 0. The number of benzene rings is 4. The second-order valence-corrected chi connectivity index (χ2v) is 6.74. The number of ketones is 1. The van der Waals surface area contributed by atoms with E-state index in [1.165, 1.54) is 12.1 Å². The molecule has 0 spiro atoms. The van der Waals surface area contributed by atoms with E-state index in [1.807, 2.05) is 30.3 Å². The quantitative estimate of drug-likeness (QED) is 0.465. The molecule has 146 valence electrons. The zero-order valence-electron chi connectivity index (χ0n) is 15.8. The minimum Gasteiger partial charge on any atom is -0.478 e. The number of carbonyl (C=O) groups is 3. The molecule has 0 aliphatic heterocycles. The third-order valence-electron chi connectivity index (χ3n) is 4.83. The second-order valence-electron chi connectivity index (χ2n) is 6.74. The number of amides is 1. The van der Waals surface area contributed by atoms with Crippen LogP contribution in [0.1, 0.15) is 36.6 Å². The Bertz CT molecular complexity index is 1290. The van der Waals surface area contributed by atoms with Gasteiger partial charge in [-0.25, -0.2) is 4.79 Å². The zero-order chi connectivity index (χ0) is 21.1. The first kappa shape index (κ1) is 19.1. The lowest BCUT2D eigenvalue weighted by molar-refractivity contribution is 0.0692. The van der Waals surface area contributed by atoms with E-state index in [0.717, 1.165) is 10.8 Å². The Morgan fingerprint density at radius 3 is 1.97 bits per heavy atom. The number of anilines is 1. The van der Waals surface area contributed by atoms with Crippen LogP contribution >= 0.6 is 0 Å². The third-order valence-corrected chi connectivity index (χ3v) is 4.83. The standard InChI is InChI=1S/C25H17NO4/c27-23(19-9-3-4-10-20(19)25(29)30)21-11-5-6-12-22(21)26-24(28)18-14-13-16-7-1-2-8-17(16)15-18/h1-15H,(H,26,28)(H,29,30). The predicted molar refractivity (Wildman–Crippen MR) is 115 cm³/mol. The maximum Gasteiger partial charge on any atom is 0.336 e. The van der Waals surface area contributed by atoms with Crippen molar-refractivity contribution in [3.63, 3.8) is 0 Å². The molecule has 0 radical (unpaired) electrons. The topological polar surface area (TPSA) is 83.5 Å². The number of hydrogen-bond acceptors (Lipinski definition) is 3. The molecule has 4 rings (SSSR count). The van der Waals surface area contributed by atoms with Gasteiger partial charge >= 0.3 is 5.97 Å². The first-order valence-electron chi connectivity index (χ1n) is 9.31. The molecule has 1 amide bonds. The number of fused-ring (bicyclic) bond motifs is 1. The average molecular weight is 395 g/mol. The Morgan fingerprint density at radius 1 is 0.633 bits per heavy atom. The fourth-order valence-electron chi connectivity index (χ4n) is 3.33. The minimum atomic E-state index is -1.18. The number of carboxylic acid groups (broad SMARTS) is 1. The maximum absolute atomic E-state index is 13.1. The van der Waals surface area contributed by atoms with E-state index < -0.39 is 11.8 Å². The van der Waals surface area contributed by atoms with Crippen molar-refractivity contribution in [2.45, 2.75) is 0 Å². The highest BCUT2D eigenvalue weighted by Gasteiger charge is 2.20. The van der Waals surface area contributed by atoms with Crippen molar-refractivity contribution in [2.24, 2.45) is 0 Å². The molecule has 2 N–H and O–H groups in total. The Morgan fingerprint density at radius 2 is 1.23 bits per heavy atom. The van der Waals surface area contributed by atoms with E-state index in [2.05, 4.69) is 5.32 Å². The lowest BCUT2D eigenvalue weighted by Gasteiger charge is -2.12. The average Bonchev–Trinajstić information content (AvgIpc) is 2.78. The lowest BCUT2D eigenvalue weighted by atomic mass is 9.97. The molecule has 0 aliphatic rings. The van der Waals surface area contributed by atoms with Crippen LogP contribution in [0.5, 0.6) is 0 Å². The molecular formula is C25H17NO4. The van der Waals surface area contributed by atoms with Crippen molar-refractivity contribution < 1.29 is 19.5 Å². The van der Waals surface area contributed by atoms with Gasteiger partial charge < -0.3 is 10.4 Å². The molecule has 5 nitrogen and oxygen atoms in total. The predicted octanol–water partition coefficient (Wildman–Crippen LogP) is 5.02.